The van der Waals surface area contributed by atoms with E-state index in [1.165, 1.54) is 0 Å². The molecule has 0 spiro atoms. The molecule has 114 valence electrons. The fraction of sp³-hybridized carbons (Fsp3) is 0.688. The first-order valence-electron chi connectivity index (χ1n) is 7.33. The zero-order valence-electron chi connectivity index (χ0n) is 13.6. The third kappa shape index (κ3) is 3.61. The van der Waals surface area contributed by atoms with E-state index in [0.717, 1.165) is 6.42 Å². The molecule has 1 heterocycles. The van der Waals surface area contributed by atoms with Crippen molar-refractivity contribution in [3.8, 4) is 0 Å². The Kier molecular flexibility index (Phi) is 5.38. The van der Waals surface area contributed by atoms with E-state index in [0.29, 0.717) is 13.0 Å². The summed E-state index contributed by atoms with van der Waals surface area (Å²) in [5.74, 6) is 0.167. The average molecular weight is 295 g/mol. The maximum Gasteiger partial charge on any atom is 0.225 e. The van der Waals surface area contributed by atoms with E-state index < -0.39 is 8.32 Å². The fourth-order valence-corrected chi connectivity index (χ4v) is 3.66. The molecule has 1 amide bonds. The molecule has 0 N–H and O–H groups in total. The number of rotatable bonds is 6. The van der Waals surface area contributed by atoms with Gasteiger partial charge in [0.2, 0.25) is 5.91 Å². The van der Waals surface area contributed by atoms with Crippen molar-refractivity contribution in [1.82, 2.24) is 4.90 Å². The average Bonchev–Trinajstić information content (AvgIpc) is 2.56. The summed E-state index contributed by atoms with van der Waals surface area (Å²) in [4.78, 5) is 14.1. The second-order valence-electron chi connectivity index (χ2n) is 7.05. The molecule has 0 bridgehead atoms. The van der Waals surface area contributed by atoms with Crippen molar-refractivity contribution in [3.63, 3.8) is 0 Å². The summed E-state index contributed by atoms with van der Waals surface area (Å²) in [5, 5.41) is 0.153. The van der Waals surface area contributed by atoms with Gasteiger partial charge in [0.1, 0.15) is 0 Å². The molecule has 0 radical (unpaired) electrons. The van der Waals surface area contributed by atoms with E-state index in [1.54, 1.807) is 6.08 Å². The van der Waals surface area contributed by atoms with Gasteiger partial charge in [-0.05, 0) is 24.6 Å². The number of carbonyl (C=O) groups is 1. The van der Waals surface area contributed by atoms with Gasteiger partial charge in [0, 0.05) is 6.54 Å². The standard InChI is InChI=1S/C16H29NO2Si/c1-8-10-13-14(12-15(18)17(13)11-9-2)19-20(6,7)16(3,4)5/h8-9,13-14H,1-2,10-12H2,3-7H3/t13-,14+/m1/s1. The first-order chi connectivity index (χ1) is 9.14. The van der Waals surface area contributed by atoms with Crippen LogP contribution in [0, 0.1) is 0 Å². The number of nitrogens with zero attached hydrogens (tertiary/aromatic N) is 1. The van der Waals surface area contributed by atoms with Crippen LogP contribution in [0.4, 0.5) is 0 Å². The quantitative estimate of drug-likeness (QED) is 0.552. The van der Waals surface area contributed by atoms with Crippen molar-refractivity contribution in [2.45, 2.75) is 63.9 Å². The summed E-state index contributed by atoms with van der Waals surface area (Å²) < 4.78 is 6.47. The van der Waals surface area contributed by atoms with Crippen LogP contribution in [0.5, 0.6) is 0 Å². The highest BCUT2D eigenvalue weighted by Gasteiger charge is 2.45. The highest BCUT2D eigenvalue weighted by Crippen LogP contribution is 2.39. The van der Waals surface area contributed by atoms with Crippen LogP contribution in [0.3, 0.4) is 0 Å². The van der Waals surface area contributed by atoms with Gasteiger partial charge in [0.15, 0.2) is 8.32 Å². The predicted molar refractivity (Wildman–Crippen MR) is 87.2 cm³/mol. The lowest BCUT2D eigenvalue weighted by Gasteiger charge is -2.40. The molecule has 0 unspecified atom stereocenters. The Bertz CT molecular complexity index is 384. The topological polar surface area (TPSA) is 29.5 Å². The molecule has 2 atom stereocenters. The Labute approximate surface area is 124 Å². The molecule has 3 nitrogen and oxygen atoms in total. The van der Waals surface area contributed by atoms with Gasteiger partial charge in [-0.25, -0.2) is 0 Å². The second kappa shape index (κ2) is 6.27. The summed E-state index contributed by atoms with van der Waals surface area (Å²) in [6, 6.07) is 0.104. The zero-order chi connectivity index (χ0) is 15.6. The van der Waals surface area contributed by atoms with Crippen molar-refractivity contribution in [1.29, 1.82) is 0 Å². The molecule has 20 heavy (non-hydrogen) atoms. The monoisotopic (exact) mass is 295 g/mol. The normalized spacial score (nSPS) is 24.1. The van der Waals surface area contributed by atoms with E-state index >= 15 is 0 Å². The zero-order valence-corrected chi connectivity index (χ0v) is 14.6. The maximum atomic E-state index is 12.2. The first kappa shape index (κ1) is 17.2. The van der Waals surface area contributed by atoms with Crippen LogP contribution in [0.1, 0.15) is 33.6 Å². The molecular weight excluding hydrogens is 266 g/mol. The van der Waals surface area contributed by atoms with Gasteiger partial charge < -0.3 is 9.33 Å². The largest absolute Gasteiger partial charge is 0.411 e. The van der Waals surface area contributed by atoms with Gasteiger partial charge >= 0.3 is 0 Å². The van der Waals surface area contributed by atoms with Gasteiger partial charge in [0.25, 0.3) is 0 Å². The summed E-state index contributed by atoms with van der Waals surface area (Å²) in [6.07, 6.45) is 4.91. The Morgan fingerprint density at radius 2 is 1.95 bits per heavy atom. The summed E-state index contributed by atoms with van der Waals surface area (Å²) >= 11 is 0. The lowest BCUT2D eigenvalue weighted by Crippen LogP contribution is -2.47. The minimum Gasteiger partial charge on any atom is -0.411 e. The third-order valence-electron chi connectivity index (χ3n) is 4.51. The predicted octanol–water partition coefficient (Wildman–Crippen LogP) is 3.74. The number of amides is 1. The van der Waals surface area contributed by atoms with Crippen molar-refractivity contribution in [3.05, 3.63) is 25.3 Å². The van der Waals surface area contributed by atoms with Gasteiger partial charge in [-0.3, -0.25) is 4.79 Å². The van der Waals surface area contributed by atoms with E-state index in [2.05, 4.69) is 47.0 Å². The molecule has 1 aliphatic heterocycles. The lowest BCUT2D eigenvalue weighted by atomic mass is 10.1. The first-order valence-corrected chi connectivity index (χ1v) is 10.2. The molecule has 0 aliphatic carbocycles. The smallest absolute Gasteiger partial charge is 0.225 e. The van der Waals surface area contributed by atoms with Crippen molar-refractivity contribution >= 4 is 14.2 Å². The van der Waals surface area contributed by atoms with E-state index in [9.17, 15) is 4.79 Å². The van der Waals surface area contributed by atoms with Crippen molar-refractivity contribution in [2.75, 3.05) is 6.54 Å². The van der Waals surface area contributed by atoms with Crippen LogP contribution in [0.15, 0.2) is 25.3 Å². The van der Waals surface area contributed by atoms with Crippen LogP contribution in [0.2, 0.25) is 18.1 Å². The summed E-state index contributed by atoms with van der Waals surface area (Å²) in [5.41, 5.74) is 0. The minimum absolute atomic E-state index is 0.0126. The van der Waals surface area contributed by atoms with Crippen LogP contribution in [0.25, 0.3) is 0 Å². The number of hydrogen-bond acceptors (Lipinski definition) is 2. The van der Waals surface area contributed by atoms with E-state index in [-0.39, 0.29) is 23.1 Å². The molecule has 0 saturated carbocycles. The fourth-order valence-electron chi connectivity index (χ4n) is 2.31. The van der Waals surface area contributed by atoms with Crippen molar-refractivity contribution < 1.29 is 9.22 Å². The van der Waals surface area contributed by atoms with Crippen LogP contribution < -0.4 is 0 Å². The summed E-state index contributed by atoms with van der Waals surface area (Å²) in [6.45, 7) is 19.3. The minimum atomic E-state index is -1.86. The summed E-state index contributed by atoms with van der Waals surface area (Å²) in [7, 11) is -1.86. The number of carbonyl (C=O) groups excluding carboxylic acids is 1. The Morgan fingerprint density at radius 3 is 2.40 bits per heavy atom. The molecule has 1 fully saturated rings. The molecule has 0 aromatic heterocycles. The van der Waals surface area contributed by atoms with Gasteiger partial charge in [-0.1, -0.05) is 32.9 Å². The number of likely N-dealkylation sites (tertiary alicyclic amines) is 1. The molecule has 1 aliphatic rings. The SMILES string of the molecule is C=CC[C@@H]1[C@@H](O[Si](C)(C)C(C)(C)C)CC(=O)N1CC=C. The van der Waals surface area contributed by atoms with Gasteiger partial charge in [-0.15, -0.1) is 13.2 Å². The molecule has 1 saturated heterocycles. The van der Waals surface area contributed by atoms with Gasteiger partial charge in [-0.2, -0.15) is 0 Å². The molecule has 1 rings (SSSR count). The van der Waals surface area contributed by atoms with E-state index in [4.69, 9.17) is 4.43 Å². The van der Waals surface area contributed by atoms with Crippen LogP contribution in [-0.2, 0) is 9.22 Å². The Balaban J connectivity index is 2.91. The van der Waals surface area contributed by atoms with Crippen molar-refractivity contribution in [2.24, 2.45) is 0 Å². The van der Waals surface area contributed by atoms with Crippen LogP contribution in [-0.4, -0.2) is 37.8 Å². The van der Waals surface area contributed by atoms with Gasteiger partial charge in [0.05, 0.1) is 18.6 Å². The number of hydrogen-bond donors (Lipinski definition) is 0. The van der Waals surface area contributed by atoms with E-state index in [1.807, 2.05) is 11.0 Å². The molecule has 0 aromatic carbocycles. The highest BCUT2D eigenvalue weighted by molar-refractivity contribution is 6.74. The van der Waals surface area contributed by atoms with Crippen LogP contribution >= 0.6 is 0 Å². The Hall–Kier alpha value is -0.873. The lowest BCUT2D eigenvalue weighted by molar-refractivity contribution is -0.128. The molecular formula is C16H29NO2Si. The Morgan fingerprint density at radius 1 is 1.35 bits per heavy atom. The molecule has 4 heteroatoms. The highest BCUT2D eigenvalue weighted by atomic mass is 28.4. The second-order valence-corrected chi connectivity index (χ2v) is 11.8. The third-order valence-corrected chi connectivity index (χ3v) is 9.02. The maximum absolute atomic E-state index is 12.2. The molecule has 0 aromatic rings.